The van der Waals surface area contributed by atoms with Crippen molar-refractivity contribution in [1.82, 2.24) is 15.2 Å². The van der Waals surface area contributed by atoms with Crippen LogP contribution in [-0.4, -0.2) is 34.3 Å². The average molecular weight is 507 g/mol. The number of carbonyl (C=O) groups excluding carboxylic acids is 1. The number of halogens is 2. The van der Waals surface area contributed by atoms with E-state index >= 15 is 0 Å². The Kier molecular flexibility index (Phi) is 6.99. The highest BCUT2D eigenvalue weighted by Crippen LogP contribution is 2.29. The van der Waals surface area contributed by atoms with Crippen molar-refractivity contribution in [2.24, 2.45) is 0 Å². The predicted octanol–water partition coefficient (Wildman–Crippen LogP) is 6.69. The number of hydrogen-bond acceptors (Lipinski definition) is 5. The van der Waals surface area contributed by atoms with Crippen LogP contribution in [0.25, 0.3) is 11.3 Å². The molecule has 2 aromatic carbocycles. The fourth-order valence-corrected chi connectivity index (χ4v) is 4.30. The lowest BCUT2D eigenvalue weighted by Crippen LogP contribution is -2.29. The maximum absolute atomic E-state index is 14.5. The molecular weight excluding hydrogens is 483 g/mol. The average Bonchev–Trinajstić information content (AvgIpc) is 3.42. The minimum absolute atomic E-state index is 0.0331. The Balaban J connectivity index is 1.27. The second-order valence-electron chi connectivity index (χ2n) is 8.42. The van der Waals surface area contributed by atoms with Crippen molar-refractivity contribution in [2.75, 3.05) is 28.6 Å². The van der Waals surface area contributed by atoms with E-state index in [9.17, 15) is 9.18 Å². The molecule has 10 heteroatoms. The molecule has 1 aliphatic rings. The number of pyridine rings is 1. The molecular formula is C26H24ClFN6O2. The molecule has 0 saturated carbocycles. The van der Waals surface area contributed by atoms with Gasteiger partial charge in [0.15, 0.2) is 0 Å². The molecule has 0 radical (unpaired) electrons. The second kappa shape index (κ2) is 10.7. The third-order valence-corrected chi connectivity index (χ3v) is 6.01. The van der Waals surface area contributed by atoms with Gasteiger partial charge in [-0.1, -0.05) is 17.7 Å². The lowest BCUT2D eigenvalue weighted by Gasteiger charge is -2.29. The summed E-state index contributed by atoms with van der Waals surface area (Å²) in [5.41, 5.74) is 2.92. The molecule has 0 spiro atoms. The van der Waals surface area contributed by atoms with Crippen molar-refractivity contribution in [3.05, 3.63) is 77.8 Å². The second-order valence-corrected chi connectivity index (χ2v) is 8.85. The highest BCUT2D eigenvalue weighted by Gasteiger charge is 2.14. The van der Waals surface area contributed by atoms with Crippen LogP contribution >= 0.6 is 11.6 Å². The van der Waals surface area contributed by atoms with Gasteiger partial charge in [-0.3, -0.25) is 5.10 Å². The van der Waals surface area contributed by atoms with Crippen molar-refractivity contribution in [1.29, 1.82) is 0 Å². The molecule has 4 aromatic rings. The van der Waals surface area contributed by atoms with Crippen LogP contribution in [0.3, 0.4) is 0 Å². The molecule has 1 saturated heterocycles. The highest BCUT2D eigenvalue weighted by atomic mass is 35.5. The number of nitrogens with zero attached hydrogens (tertiary/aromatic N) is 3. The molecule has 2 aromatic heterocycles. The number of hydrogen-bond donors (Lipinski definition) is 3. The highest BCUT2D eigenvalue weighted by molar-refractivity contribution is 6.31. The first-order valence-corrected chi connectivity index (χ1v) is 12.0. The smallest absolute Gasteiger partial charge is 0.323 e. The van der Waals surface area contributed by atoms with E-state index in [1.807, 2.05) is 18.2 Å². The summed E-state index contributed by atoms with van der Waals surface area (Å²) in [6, 6.07) is 14.2. The Hall–Kier alpha value is -4.11. The molecule has 0 bridgehead atoms. The first kappa shape index (κ1) is 23.6. The van der Waals surface area contributed by atoms with Gasteiger partial charge in [0.1, 0.15) is 11.6 Å². The number of nitrogens with one attached hydrogen (secondary N) is 3. The summed E-state index contributed by atoms with van der Waals surface area (Å²) in [5.74, 6) is 0.0382. The van der Waals surface area contributed by atoms with Gasteiger partial charge >= 0.3 is 6.03 Å². The minimum atomic E-state index is -0.599. The van der Waals surface area contributed by atoms with Crippen molar-refractivity contribution in [2.45, 2.75) is 19.3 Å². The molecule has 0 atom stereocenters. The number of anilines is 3. The monoisotopic (exact) mass is 506 g/mol. The van der Waals surface area contributed by atoms with Gasteiger partial charge in [-0.25, -0.2) is 14.2 Å². The van der Waals surface area contributed by atoms with Crippen LogP contribution in [0.2, 0.25) is 5.02 Å². The number of piperidine rings is 1. The molecule has 3 N–H and O–H groups in total. The maximum atomic E-state index is 14.5. The predicted molar refractivity (Wildman–Crippen MR) is 138 cm³/mol. The van der Waals surface area contributed by atoms with E-state index in [1.54, 1.807) is 30.6 Å². The molecule has 36 heavy (non-hydrogen) atoms. The van der Waals surface area contributed by atoms with Gasteiger partial charge in [-0.15, -0.1) is 0 Å². The standard InChI is InChI=1S/C26H24ClFN6O2/c27-18-11-19(13-20(12-18)34-9-2-1-3-10-34)31-26(35)33-24-14-21(7-8-22(24)28)36-25-6-4-5-23(32-25)17-15-29-30-16-17/h4-8,11-16H,1-3,9-10H2,(H,29,30)(H2,31,33,35). The van der Waals surface area contributed by atoms with E-state index in [0.29, 0.717) is 28.0 Å². The zero-order valence-corrected chi connectivity index (χ0v) is 20.1. The van der Waals surface area contributed by atoms with Crippen LogP contribution in [0, 0.1) is 5.82 Å². The number of H-pyrrole nitrogens is 1. The first-order valence-electron chi connectivity index (χ1n) is 11.6. The Labute approximate surface area is 212 Å². The van der Waals surface area contributed by atoms with Crippen molar-refractivity contribution in [3.8, 4) is 22.9 Å². The molecule has 1 fully saturated rings. The summed E-state index contributed by atoms with van der Waals surface area (Å²) < 4.78 is 20.3. The molecule has 0 unspecified atom stereocenters. The minimum Gasteiger partial charge on any atom is -0.439 e. The quantitative estimate of drug-likeness (QED) is 0.271. The summed E-state index contributed by atoms with van der Waals surface area (Å²) in [6.45, 7) is 1.90. The number of ether oxygens (including phenoxy) is 1. The van der Waals surface area contributed by atoms with E-state index in [-0.39, 0.29) is 5.69 Å². The Morgan fingerprint density at radius 1 is 1.06 bits per heavy atom. The van der Waals surface area contributed by atoms with E-state index in [1.165, 1.54) is 24.6 Å². The zero-order chi connectivity index (χ0) is 24.9. The summed E-state index contributed by atoms with van der Waals surface area (Å²) in [5, 5.41) is 12.5. The SMILES string of the molecule is O=C(Nc1cc(Cl)cc(N2CCCCC2)c1)Nc1cc(Oc2cccc(-c3cn[nH]c3)n2)ccc1F. The largest absolute Gasteiger partial charge is 0.439 e. The third kappa shape index (κ3) is 5.75. The zero-order valence-electron chi connectivity index (χ0n) is 19.3. The van der Waals surface area contributed by atoms with E-state index < -0.39 is 11.8 Å². The lowest BCUT2D eigenvalue weighted by molar-refractivity contribution is 0.262. The van der Waals surface area contributed by atoms with Crippen LogP contribution in [-0.2, 0) is 0 Å². The van der Waals surface area contributed by atoms with Crippen LogP contribution < -0.4 is 20.3 Å². The van der Waals surface area contributed by atoms with Crippen LogP contribution in [0.15, 0.2) is 67.0 Å². The number of aromatic amines is 1. The number of rotatable bonds is 6. The number of benzene rings is 2. The van der Waals surface area contributed by atoms with E-state index in [2.05, 4.69) is 30.7 Å². The topological polar surface area (TPSA) is 95.2 Å². The Morgan fingerprint density at radius 3 is 2.72 bits per heavy atom. The first-order chi connectivity index (χ1) is 17.5. The summed E-state index contributed by atoms with van der Waals surface area (Å²) >= 11 is 6.29. The molecule has 8 nitrogen and oxygen atoms in total. The summed E-state index contributed by atoms with van der Waals surface area (Å²) in [6.07, 6.45) is 6.83. The van der Waals surface area contributed by atoms with Crippen molar-refractivity contribution < 1.29 is 13.9 Å². The van der Waals surface area contributed by atoms with E-state index in [4.69, 9.17) is 16.3 Å². The number of aromatic nitrogens is 3. The fraction of sp³-hybridized carbons (Fsp3) is 0.192. The lowest BCUT2D eigenvalue weighted by atomic mass is 10.1. The maximum Gasteiger partial charge on any atom is 0.323 e. The third-order valence-electron chi connectivity index (χ3n) is 5.79. The number of amides is 2. The molecule has 184 valence electrons. The van der Waals surface area contributed by atoms with Crippen molar-refractivity contribution in [3.63, 3.8) is 0 Å². The van der Waals surface area contributed by atoms with Gasteiger partial charge in [0.2, 0.25) is 5.88 Å². The number of carbonyl (C=O) groups is 1. The fourth-order valence-electron chi connectivity index (χ4n) is 4.07. The summed E-state index contributed by atoms with van der Waals surface area (Å²) in [4.78, 5) is 19.4. The molecule has 2 amide bonds. The molecule has 3 heterocycles. The van der Waals surface area contributed by atoms with Gasteiger partial charge in [0.25, 0.3) is 0 Å². The van der Waals surface area contributed by atoms with Gasteiger partial charge in [-0.05, 0) is 55.7 Å². The Morgan fingerprint density at radius 2 is 1.92 bits per heavy atom. The van der Waals surface area contributed by atoms with Gasteiger partial charge in [-0.2, -0.15) is 5.10 Å². The summed E-state index contributed by atoms with van der Waals surface area (Å²) in [7, 11) is 0. The van der Waals surface area contributed by atoms with Gasteiger partial charge < -0.3 is 20.3 Å². The van der Waals surface area contributed by atoms with Gasteiger partial charge in [0.05, 0.1) is 17.6 Å². The van der Waals surface area contributed by atoms with E-state index in [0.717, 1.165) is 37.2 Å². The Bertz CT molecular complexity index is 1360. The molecule has 1 aliphatic heterocycles. The normalized spacial score (nSPS) is 13.3. The van der Waals surface area contributed by atoms with Crippen LogP contribution in [0.1, 0.15) is 19.3 Å². The molecule has 5 rings (SSSR count). The van der Waals surface area contributed by atoms with Crippen molar-refractivity contribution >= 4 is 34.7 Å². The number of urea groups is 1. The molecule has 0 aliphatic carbocycles. The van der Waals surface area contributed by atoms with Gasteiger partial charge in [0, 0.05) is 53.4 Å². The van der Waals surface area contributed by atoms with Crippen LogP contribution in [0.4, 0.5) is 26.2 Å². The van der Waals surface area contributed by atoms with Crippen LogP contribution in [0.5, 0.6) is 11.6 Å².